The fourth-order valence-corrected chi connectivity index (χ4v) is 2.58. The zero-order chi connectivity index (χ0) is 13.1. The van der Waals surface area contributed by atoms with Crippen LogP contribution in [-0.4, -0.2) is 19.3 Å². The average molecular weight is 261 g/mol. The van der Waals surface area contributed by atoms with Crippen LogP contribution in [0, 0.1) is 11.7 Å². The summed E-state index contributed by atoms with van der Waals surface area (Å²) in [6.07, 6.45) is 0.509. The number of hydrogen-bond acceptors (Lipinski definition) is 3. The number of phenolic OH excluding ortho intramolecular Hbond substituents is 1. The molecule has 0 saturated carbocycles. The van der Waals surface area contributed by atoms with E-state index in [0.29, 0.717) is 6.42 Å². The van der Waals surface area contributed by atoms with Gasteiger partial charge in [0, 0.05) is 6.07 Å². The molecule has 0 radical (unpaired) electrons. The molecule has 0 aliphatic heterocycles. The molecule has 0 aliphatic rings. The van der Waals surface area contributed by atoms with E-state index < -0.39 is 15.8 Å². The lowest BCUT2D eigenvalue weighted by Crippen LogP contribution is -2.18. The van der Waals surface area contributed by atoms with Gasteiger partial charge >= 0.3 is 0 Å². The lowest BCUT2D eigenvalue weighted by Gasteiger charge is -2.10. The van der Waals surface area contributed by atoms with Gasteiger partial charge in [-0.1, -0.05) is 13.8 Å². The summed E-state index contributed by atoms with van der Waals surface area (Å²) in [6.45, 7) is 3.83. The van der Waals surface area contributed by atoms with E-state index in [1.165, 1.54) is 12.1 Å². The molecule has 0 fully saturated rings. The maximum absolute atomic E-state index is 13.3. The SMILES string of the molecule is CC(C)CCS(=O)(=O)Nc1ccc(O)cc1F. The molecule has 1 aromatic carbocycles. The van der Waals surface area contributed by atoms with Gasteiger partial charge in [-0.3, -0.25) is 4.72 Å². The van der Waals surface area contributed by atoms with Gasteiger partial charge in [-0.05, 0) is 24.5 Å². The number of nitrogens with one attached hydrogen (secondary N) is 1. The monoisotopic (exact) mass is 261 g/mol. The van der Waals surface area contributed by atoms with Crippen LogP contribution in [0.15, 0.2) is 18.2 Å². The van der Waals surface area contributed by atoms with E-state index in [2.05, 4.69) is 4.72 Å². The fourth-order valence-electron chi connectivity index (χ4n) is 1.20. The lowest BCUT2D eigenvalue weighted by molar-refractivity contribution is 0.469. The van der Waals surface area contributed by atoms with Crippen molar-refractivity contribution in [3.8, 4) is 5.75 Å². The normalized spacial score (nSPS) is 11.8. The van der Waals surface area contributed by atoms with E-state index in [4.69, 9.17) is 5.11 Å². The Hall–Kier alpha value is -1.30. The highest BCUT2D eigenvalue weighted by Crippen LogP contribution is 2.20. The number of aromatic hydroxyl groups is 1. The van der Waals surface area contributed by atoms with Gasteiger partial charge in [0.15, 0.2) is 5.82 Å². The molecule has 0 aromatic heterocycles. The van der Waals surface area contributed by atoms with Gasteiger partial charge in [-0.25, -0.2) is 12.8 Å². The standard InChI is InChI=1S/C11H16FNO3S/c1-8(2)5-6-17(15,16)13-11-4-3-9(14)7-10(11)12/h3-4,7-8,13-14H,5-6H2,1-2H3. The fraction of sp³-hybridized carbons (Fsp3) is 0.455. The largest absolute Gasteiger partial charge is 0.508 e. The number of benzene rings is 1. The molecule has 0 amide bonds. The maximum Gasteiger partial charge on any atom is 0.232 e. The van der Waals surface area contributed by atoms with Gasteiger partial charge in [0.25, 0.3) is 0 Å². The van der Waals surface area contributed by atoms with Crippen molar-refractivity contribution in [3.63, 3.8) is 0 Å². The second-order valence-electron chi connectivity index (χ2n) is 4.27. The molecular weight excluding hydrogens is 245 g/mol. The molecule has 6 heteroatoms. The molecular formula is C11H16FNO3S. The Balaban J connectivity index is 2.76. The number of phenols is 1. The zero-order valence-corrected chi connectivity index (χ0v) is 10.6. The summed E-state index contributed by atoms with van der Waals surface area (Å²) < 4.78 is 38.7. The van der Waals surface area contributed by atoms with Gasteiger partial charge < -0.3 is 5.11 Å². The molecule has 0 bridgehead atoms. The van der Waals surface area contributed by atoms with Crippen molar-refractivity contribution in [1.82, 2.24) is 0 Å². The quantitative estimate of drug-likeness (QED) is 0.799. The van der Waals surface area contributed by atoms with Gasteiger partial charge in [0.2, 0.25) is 10.0 Å². The summed E-state index contributed by atoms with van der Waals surface area (Å²) in [5, 5.41) is 8.99. The summed E-state index contributed by atoms with van der Waals surface area (Å²) in [5.41, 5.74) is -0.147. The molecule has 0 heterocycles. The van der Waals surface area contributed by atoms with E-state index in [9.17, 15) is 12.8 Å². The van der Waals surface area contributed by atoms with Crippen LogP contribution in [0.1, 0.15) is 20.3 Å². The topological polar surface area (TPSA) is 66.4 Å². The van der Waals surface area contributed by atoms with E-state index in [0.717, 1.165) is 6.07 Å². The first-order valence-corrected chi connectivity index (χ1v) is 6.94. The minimum absolute atomic E-state index is 0.0506. The second kappa shape index (κ2) is 5.35. The van der Waals surface area contributed by atoms with Gasteiger partial charge in [0.1, 0.15) is 5.75 Å². The Morgan fingerprint density at radius 2 is 2.06 bits per heavy atom. The Kier molecular flexibility index (Phi) is 4.34. The maximum atomic E-state index is 13.3. The molecule has 1 rings (SSSR count). The molecule has 4 nitrogen and oxygen atoms in total. The number of rotatable bonds is 5. The van der Waals surface area contributed by atoms with Crippen molar-refractivity contribution >= 4 is 15.7 Å². The van der Waals surface area contributed by atoms with Crippen LogP contribution in [0.5, 0.6) is 5.75 Å². The molecule has 0 saturated heterocycles. The van der Waals surface area contributed by atoms with Crippen LogP contribution in [0.4, 0.5) is 10.1 Å². The summed E-state index contributed by atoms with van der Waals surface area (Å²) in [6, 6.07) is 3.28. The first-order valence-electron chi connectivity index (χ1n) is 5.29. The Bertz CT molecular complexity index is 485. The van der Waals surface area contributed by atoms with Crippen molar-refractivity contribution in [2.75, 3.05) is 10.5 Å². The van der Waals surface area contributed by atoms with Crippen LogP contribution < -0.4 is 4.72 Å². The highest BCUT2D eigenvalue weighted by atomic mass is 32.2. The van der Waals surface area contributed by atoms with Crippen molar-refractivity contribution in [2.24, 2.45) is 5.92 Å². The number of anilines is 1. The van der Waals surface area contributed by atoms with Crippen LogP contribution in [0.3, 0.4) is 0 Å². The predicted octanol–water partition coefficient (Wildman–Crippen LogP) is 2.32. The Labute approximate surface area is 101 Å². The van der Waals surface area contributed by atoms with Crippen molar-refractivity contribution in [2.45, 2.75) is 20.3 Å². The van der Waals surface area contributed by atoms with Gasteiger partial charge in [-0.2, -0.15) is 0 Å². The van der Waals surface area contributed by atoms with Crippen LogP contribution >= 0.6 is 0 Å². The molecule has 1 aromatic rings. The number of halogens is 1. The molecule has 17 heavy (non-hydrogen) atoms. The van der Waals surface area contributed by atoms with Gasteiger partial charge in [-0.15, -0.1) is 0 Å². The third kappa shape index (κ3) is 4.60. The van der Waals surface area contributed by atoms with E-state index >= 15 is 0 Å². The zero-order valence-electron chi connectivity index (χ0n) is 9.77. The lowest BCUT2D eigenvalue weighted by atomic mass is 10.2. The molecule has 0 spiro atoms. The smallest absolute Gasteiger partial charge is 0.232 e. The van der Waals surface area contributed by atoms with Crippen LogP contribution in [-0.2, 0) is 10.0 Å². The van der Waals surface area contributed by atoms with E-state index in [1.807, 2.05) is 13.8 Å². The third-order valence-corrected chi connectivity index (χ3v) is 3.49. The summed E-state index contributed by atoms with van der Waals surface area (Å²) >= 11 is 0. The number of hydrogen-bond donors (Lipinski definition) is 2. The minimum atomic E-state index is -3.54. The predicted molar refractivity (Wildman–Crippen MR) is 64.9 cm³/mol. The van der Waals surface area contributed by atoms with Crippen LogP contribution in [0.2, 0.25) is 0 Å². The van der Waals surface area contributed by atoms with E-state index in [1.54, 1.807) is 0 Å². The van der Waals surface area contributed by atoms with Crippen molar-refractivity contribution < 1.29 is 17.9 Å². The molecule has 0 aliphatic carbocycles. The van der Waals surface area contributed by atoms with E-state index in [-0.39, 0.29) is 23.1 Å². The molecule has 0 unspecified atom stereocenters. The highest BCUT2D eigenvalue weighted by molar-refractivity contribution is 7.92. The molecule has 96 valence electrons. The van der Waals surface area contributed by atoms with Crippen molar-refractivity contribution in [3.05, 3.63) is 24.0 Å². The average Bonchev–Trinajstić information content (AvgIpc) is 2.20. The summed E-state index contributed by atoms with van der Waals surface area (Å²) in [7, 11) is -3.54. The molecule has 2 N–H and O–H groups in total. The molecule has 0 atom stereocenters. The summed E-state index contributed by atoms with van der Waals surface area (Å²) in [5.74, 6) is -0.827. The second-order valence-corrected chi connectivity index (χ2v) is 6.11. The third-order valence-electron chi connectivity index (χ3n) is 2.18. The first kappa shape index (κ1) is 13.8. The number of sulfonamides is 1. The summed E-state index contributed by atoms with van der Waals surface area (Å²) in [4.78, 5) is 0. The van der Waals surface area contributed by atoms with Crippen LogP contribution in [0.25, 0.3) is 0 Å². The Morgan fingerprint density at radius 1 is 1.41 bits per heavy atom. The minimum Gasteiger partial charge on any atom is -0.508 e. The van der Waals surface area contributed by atoms with Gasteiger partial charge in [0.05, 0.1) is 11.4 Å². The van der Waals surface area contributed by atoms with Crippen molar-refractivity contribution in [1.29, 1.82) is 0 Å². The highest BCUT2D eigenvalue weighted by Gasteiger charge is 2.14. The first-order chi connectivity index (χ1) is 7.80. The Morgan fingerprint density at radius 3 is 2.59 bits per heavy atom.